The van der Waals surface area contributed by atoms with Crippen LogP contribution in [0.2, 0.25) is 0 Å². The molecule has 156 valence electrons. The van der Waals surface area contributed by atoms with Crippen molar-refractivity contribution < 1.29 is 28.5 Å². The van der Waals surface area contributed by atoms with Gasteiger partial charge in [0.2, 0.25) is 11.7 Å². The average molecular weight is 474 g/mol. The summed E-state index contributed by atoms with van der Waals surface area (Å²) < 4.78 is 22.5. The van der Waals surface area contributed by atoms with Crippen LogP contribution in [-0.2, 0) is 14.3 Å². The van der Waals surface area contributed by atoms with Crippen molar-refractivity contribution in [3.05, 3.63) is 57.7 Å². The lowest BCUT2D eigenvalue weighted by Gasteiger charge is -2.32. The zero-order valence-electron chi connectivity index (χ0n) is 16.7. The number of methoxy groups -OCH3 is 3. The normalized spacial score (nSPS) is 18.3. The van der Waals surface area contributed by atoms with E-state index in [1.165, 1.54) is 21.3 Å². The Morgan fingerprint density at radius 1 is 1.00 bits per heavy atom. The third kappa shape index (κ3) is 3.31. The van der Waals surface area contributed by atoms with Crippen molar-refractivity contribution in [3.8, 4) is 17.2 Å². The first-order valence-corrected chi connectivity index (χ1v) is 10.1. The molecule has 0 saturated heterocycles. The molecule has 2 aliphatic heterocycles. The predicted octanol–water partition coefficient (Wildman–Crippen LogP) is 3.81. The second kappa shape index (κ2) is 8.02. The van der Waals surface area contributed by atoms with Gasteiger partial charge in [0.1, 0.15) is 6.61 Å². The molecule has 8 heteroatoms. The summed E-state index contributed by atoms with van der Waals surface area (Å²) in [5.74, 6) is 0.367. The Bertz CT molecular complexity index is 1020. The van der Waals surface area contributed by atoms with E-state index in [0.29, 0.717) is 34.2 Å². The van der Waals surface area contributed by atoms with Crippen molar-refractivity contribution in [3.63, 3.8) is 0 Å². The summed E-state index contributed by atoms with van der Waals surface area (Å²) in [6.07, 6.45) is 0.114. The maximum absolute atomic E-state index is 13.2. The number of nitrogens with zero attached hydrogens (tertiary/aromatic N) is 1. The maximum atomic E-state index is 13.2. The number of esters is 1. The van der Waals surface area contributed by atoms with Crippen molar-refractivity contribution in [1.82, 2.24) is 0 Å². The van der Waals surface area contributed by atoms with Gasteiger partial charge in [-0.2, -0.15) is 0 Å². The summed E-state index contributed by atoms with van der Waals surface area (Å²) in [6.45, 7) is 0.0525. The van der Waals surface area contributed by atoms with Crippen LogP contribution in [0.25, 0.3) is 0 Å². The van der Waals surface area contributed by atoms with Gasteiger partial charge in [-0.1, -0.05) is 15.9 Å². The molecule has 0 N–H and O–H groups in total. The Hall–Kier alpha value is -3.00. The molecule has 30 heavy (non-hydrogen) atoms. The highest BCUT2D eigenvalue weighted by Gasteiger charge is 2.43. The zero-order valence-corrected chi connectivity index (χ0v) is 18.3. The quantitative estimate of drug-likeness (QED) is 0.614. The number of hydrogen-bond donors (Lipinski definition) is 0. The van der Waals surface area contributed by atoms with Crippen LogP contribution in [0, 0.1) is 0 Å². The Balaban J connectivity index is 1.84. The molecule has 0 bridgehead atoms. The number of carbonyl (C=O) groups is 2. The third-order valence-electron chi connectivity index (χ3n) is 5.29. The second-order valence-electron chi connectivity index (χ2n) is 6.86. The highest BCUT2D eigenvalue weighted by Crippen LogP contribution is 2.46. The molecule has 0 saturated carbocycles. The largest absolute Gasteiger partial charge is 0.493 e. The van der Waals surface area contributed by atoms with E-state index in [4.69, 9.17) is 18.9 Å². The van der Waals surface area contributed by atoms with E-state index in [-0.39, 0.29) is 18.9 Å². The lowest BCUT2D eigenvalue weighted by molar-refractivity contribution is -0.136. The van der Waals surface area contributed by atoms with Crippen molar-refractivity contribution in [2.75, 3.05) is 32.8 Å². The maximum Gasteiger partial charge on any atom is 0.336 e. The lowest BCUT2D eigenvalue weighted by atomic mass is 9.83. The van der Waals surface area contributed by atoms with Crippen LogP contribution in [-0.4, -0.2) is 39.8 Å². The van der Waals surface area contributed by atoms with Crippen molar-refractivity contribution in [1.29, 1.82) is 0 Å². The fourth-order valence-electron chi connectivity index (χ4n) is 3.93. The van der Waals surface area contributed by atoms with E-state index in [9.17, 15) is 9.59 Å². The highest BCUT2D eigenvalue weighted by molar-refractivity contribution is 9.10. The number of cyclic esters (lactones) is 1. The molecular formula is C22H20BrNO6. The fraction of sp³-hybridized carbons (Fsp3) is 0.273. The first-order valence-electron chi connectivity index (χ1n) is 9.27. The molecule has 0 fully saturated rings. The molecule has 4 rings (SSSR count). The topological polar surface area (TPSA) is 74.3 Å². The van der Waals surface area contributed by atoms with Gasteiger partial charge in [0, 0.05) is 22.5 Å². The second-order valence-corrected chi connectivity index (χ2v) is 7.77. The number of carbonyl (C=O) groups excluding carboxylic acids is 2. The van der Waals surface area contributed by atoms with E-state index in [1.807, 2.05) is 24.3 Å². The van der Waals surface area contributed by atoms with Crippen molar-refractivity contribution >= 4 is 33.5 Å². The molecule has 2 aromatic carbocycles. The molecule has 0 radical (unpaired) electrons. The standard InChI is InChI=1S/C22H20BrNO6/c1-27-17-8-12(9-18(28-2)21(17)29-3)15-10-19(25)24(14-6-4-13(23)5-7-14)16-11-30-22(26)20(15)16/h4-9,15H,10-11H2,1-3H3/t15-/m0/s1. The van der Waals surface area contributed by atoms with Crippen LogP contribution in [0.15, 0.2) is 52.1 Å². The number of ether oxygens (including phenoxy) is 4. The van der Waals surface area contributed by atoms with Crippen LogP contribution < -0.4 is 19.1 Å². The van der Waals surface area contributed by atoms with Gasteiger partial charge in [-0.05, 0) is 42.0 Å². The SMILES string of the molecule is COc1cc([C@@H]2CC(=O)N(c3ccc(Br)cc3)C3=C2C(=O)OC3)cc(OC)c1OC. The summed E-state index contributed by atoms with van der Waals surface area (Å²) in [6, 6.07) is 10.9. The van der Waals surface area contributed by atoms with Gasteiger partial charge in [0.05, 0.1) is 32.6 Å². The van der Waals surface area contributed by atoms with Crippen LogP contribution in [0.1, 0.15) is 17.9 Å². The van der Waals surface area contributed by atoms with Crippen LogP contribution in [0.5, 0.6) is 17.2 Å². The van der Waals surface area contributed by atoms with E-state index in [2.05, 4.69) is 15.9 Å². The molecule has 0 spiro atoms. The molecule has 1 amide bonds. The Morgan fingerprint density at radius 2 is 1.63 bits per heavy atom. The molecule has 0 aliphatic carbocycles. The molecule has 7 nitrogen and oxygen atoms in total. The molecular weight excluding hydrogens is 454 g/mol. The lowest BCUT2D eigenvalue weighted by Crippen LogP contribution is -2.37. The van der Waals surface area contributed by atoms with Crippen LogP contribution >= 0.6 is 15.9 Å². The monoisotopic (exact) mass is 473 g/mol. The van der Waals surface area contributed by atoms with Gasteiger partial charge in [-0.3, -0.25) is 9.69 Å². The number of amides is 1. The molecule has 2 aliphatic rings. The summed E-state index contributed by atoms with van der Waals surface area (Å²) in [5, 5.41) is 0. The number of hydrogen-bond acceptors (Lipinski definition) is 6. The predicted molar refractivity (Wildman–Crippen MR) is 113 cm³/mol. The summed E-state index contributed by atoms with van der Waals surface area (Å²) >= 11 is 3.40. The Kier molecular flexibility index (Phi) is 5.42. The fourth-order valence-corrected chi connectivity index (χ4v) is 4.20. The van der Waals surface area contributed by atoms with Crippen molar-refractivity contribution in [2.45, 2.75) is 12.3 Å². The molecule has 2 heterocycles. The smallest absolute Gasteiger partial charge is 0.336 e. The minimum absolute atomic E-state index is 0.0525. The molecule has 0 aromatic heterocycles. The minimum atomic E-state index is -0.470. The Morgan fingerprint density at radius 3 is 2.20 bits per heavy atom. The van der Waals surface area contributed by atoms with Gasteiger partial charge in [0.15, 0.2) is 11.5 Å². The number of halogens is 1. The Labute approximate surface area is 182 Å². The molecule has 2 aromatic rings. The minimum Gasteiger partial charge on any atom is -0.493 e. The van der Waals surface area contributed by atoms with E-state index < -0.39 is 11.9 Å². The number of rotatable bonds is 5. The average Bonchev–Trinajstić information content (AvgIpc) is 3.14. The van der Waals surface area contributed by atoms with Gasteiger partial charge >= 0.3 is 5.97 Å². The van der Waals surface area contributed by atoms with E-state index in [1.54, 1.807) is 17.0 Å². The summed E-state index contributed by atoms with van der Waals surface area (Å²) in [7, 11) is 4.57. The van der Waals surface area contributed by atoms with Crippen molar-refractivity contribution in [2.24, 2.45) is 0 Å². The van der Waals surface area contributed by atoms with Crippen LogP contribution in [0.4, 0.5) is 5.69 Å². The first-order chi connectivity index (χ1) is 14.5. The first kappa shape index (κ1) is 20.3. The molecule has 0 unspecified atom stereocenters. The zero-order chi connectivity index (χ0) is 21.4. The van der Waals surface area contributed by atoms with Gasteiger partial charge in [0.25, 0.3) is 0 Å². The van der Waals surface area contributed by atoms with Gasteiger partial charge in [-0.15, -0.1) is 0 Å². The van der Waals surface area contributed by atoms with E-state index in [0.717, 1.165) is 10.0 Å². The summed E-state index contributed by atoms with van der Waals surface area (Å²) in [5.41, 5.74) is 2.46. The van der Waals surface area contributed by atoms with Gasteiger partial charge in [-0.25, -0.2) is 4.79 Å². The van der Waals surface area contributed by atoms with Crippen LogP contribution in [0.3, 0.4) is 0 Å². The van der Waals surface area contributed by atoms with Gasteiger partial charge < -0.3 is 18.9 Å². The third-order valence-corrected chi connectivity index (χ3v) is 5.82. The highest BCUT2D eigenvalue weighted by atomic mass is 79.9. The number of anilines is 1. The number of benzene rings is 2. The summed E-state index contributed by atoms with van der Waals surface area (Å²) in [4.78, 5) is 27.4. The molecule has 1 atom stereocenters. The van der Waals surface area contributed by atoms with E-state index >= 15 is 0 Å².